The van der Waals surface area contributed by atoms with Gasteiger partial charge in [0.2, 0.25) is 5.91 Å². The van der Waals surface area contributed by atoms with Crippen molar-refractivity contribution in [1.82, 2.24) is 0 Å². The SMILES string of the molecule is Cc1ccc(C(N)=O)c(C(C=C(c2ccccc2)c2ccc(N(C)C)cc2)C=C(c2ccccc2)c2ccc(N(C)C)cc2)c1. The molecule has 5 aromatic carbocycles. The van der Waals surface area contributed by atoms with E-state index in [1.54, 1.807) is 0 Å². The average molecular weight is 592 g/mol. The molecule has 0 aliphatic carbocycles. The Balaban J connectivity index is 1.81. The largest absolute Gasteiger partial charge is 0.378 e. The maximum Gasteiger partial charge on any atom is 0.249 e. The molecule has 2 N–H and O–H groups in total. The molecule has 0 aliphatic heterocycles. The summed E-state index contributed by atoms with van der Waals surface area (Å²) >= 11 is 0. The highest BCUT2D eigenvalue weighted by atomic mass is 16.1. The first-order valence-corrected chi connectivity index (χ1v) is 15.2. The van der Waals surface area contributed by atoms with Crippen molar-refractivity contribution < 1.29 is 4.79 Å². The van der Waals surface area contributed by atoms with Gasteiger partial charge in [-0.1, -0.05) is 115 Å². The molecule has 4 heteroatoms. The standard InChI is InChI=1S/C41H41N3O/c1-29-16-25-37(41(42)45)40(26-29)34(27-38(30-12-8-6-9-13-30)32-17-21-35(22-18-32)43(2)3)28-39(31-14-10-7-11-15-31)33-19-23-36(24-20-33)44(4)5/h6-28,34H,1-5H3,(H2,42,45). The van der Waals surface area contributed by atoms with E-state index >= 15 is 0 Å². The van der Waals surface area contributed by atoms with E-state index in [1.807, 2.05) is 52.5 Å². The number of benzene rings is 5. The van der Waals surface area contributed by atoms with E-state index in [-0.39, 0.29) is 5.92 Å². The molecule has 4 nitrogen and oxygen atoms in total. The van der Waals surface area contributed by atoms with Crippen molar-refractivity contribution >= 4 is 28.4 Å². The van der Waals surface area contributed by atoms with Gasteiger partial charge >= 0.3 is 0 Å². The van der Waals surface area contributed by atoms with Gasteiger partial charge in [0, 0.05) is 51.0 Å². The Kier molecular flexibility index (Phi) is 9.64. The van der Waals surface area contributed by atoms with Crippen LogP contribution in [0, 0.1) is 6.92 Å². The third-order valence-corrected chi connectivity index (χ3v) is 8.08. The zero-order valence-corrected chi connectivity index (χ0v) is 26.7. The molecule has 0 aromatic heterocycles. The molecule has 0 spiro atoms. The molecule has 0 saturated carbocycles. The summed E-state index contributed by atoms with van der Waals surface area (Å²) in [5.41, 5.74) is 17.3. The van der Waals surface area contributed by atoms with Crippen molar-refractivity contribution in [2.45, 2.75) is 12.8 Å². The molecule has 5 rings (SSSR count). The summed E-state index contributed by atoms with van der Waals surface area (Å²) in [7, 11) is 8.18. The van der Waals surface area contributed by atoms with Gasteiger partial charge in [-0.3, -0.25) is 4.79 Å². The quantitative estimate of drug-likeness (QED) is 0.177. The van der Waals surface area contributed by atoms with Gasteiger partial charge in [-0.05, 0) is 76.2 Å². The highest BCUT2D eigenvalue weighted by molar-refractivity contribution is 5.95. The first kappa shape index (κ1) is 31.1. The molecule has 0 aliphatic rings. The minimum absolute atomic E-state index is 0.278. The number of nitrogens with two attached hydrogens (primary N) is 1. The summed E-state index contributed by atoms with van der Waals surface area (Å²) in [6, 6.07) is 44.0. The number of amides is 1. The summed E-state index contributed by atoms with van der Waals surface area (Å²) in [4.78, 5) is 17.1. The molecular weight excluding hydrogens is 550 g/mol. The van der Waals surface area contributed by atoms with Crippen molar-refractivity contribution in [2.24, 2.45) is 5.73 Å². The molecule has 226 valence electrons. The molecule has 0 saturated heterocycles. The summed E-state index contributed by atoms with van der Waals surface area (Å²) in [5, 5.41) is 0. The van der Waals surface area contributed by atoms with Crippen LogP contribution in [0.25, 0.3) is 11.1 Å². The number of nitrogens with zero attached hydrogens (tertiary/aromatic N) is 2. The smallest absolute Gasteiger partial charge is 0.249 e. The van der Waals surface area contributed by atoms with Gasteiger partial charge in [-0.15, -0.1) is 0 Å². The Morgan fingerprint density at radius 2 is 0.978 bits per heavy atom. The van der Waals surface area contributed by atoms with Crippen LogP contribution in [0.5, 0.6) is 0 Å². The van der Waals surface area contributed by atoms with Gasteiger partial charge < -0.3 is 15.5 Å². The minimum atomic E-state index is -0.440. The van der Waals surface area contributed by atoms with Crippen LogP contribution in [0.2, 0.25) is 0 Å². The van der Waals surface area contributed by atoms with Gasteiger partial charge in [0.1, 0.15) is 0 Å². The van der Waals surface area contributed by atoms with Crippen LogP contribution < -0.4 is 15.5 Å². The number of hydrogen-bond donors (Lipinski definition) is 1. The van der Waals surface area contributed by atoms with Crippen LogP contribution in [0.3, 0.4) is 0 Å². The van der Waals surface area contributed by atoms with Crippen molar-refractivity contribution in [3.63, 3.8) is 0 Å². The summed E-state index contributed by atoms with van der Waals surface area (Å²) in [5.74, 6) is -0.718. The topological polar surface area (TPSA) is 49.6 Å². The monoisotopic (exact) mass is 591 g/mol. The zero-order valence-electron chi connectivity index (χ0n) is 26.7. The molecule has 0 bridgehead atoms. The molecule has 0 fully saturated rings. The number of carbonyl (C=O) groups excluding carboxylic acids is 1. The third kappa shape index (κ3) is 7.42. The Labute approximate surface area is 267 Å². The Bertz CT molecular complexity index is 1700. The lowest BCUT2D eigenvalue weighted by Gasteiger charge is -2.20. The Morgan fingerprint density at radius 3 is 1.36 bits per heavy atom. The molecule has 0 atom stereocenters. The number of carbonyl (C=O) groups is 1. The van der Waals surface area contributed by atoms with Crippen LogP contribution in [0.1, 0.15) is 49.7 Å². The molecule has 45 heavy (non-hydrogen) atoms. The number of anilines is 2. The normalized spacial score (nSPS) is 12.5. The predicted octanol–water partition coefficient (Wildman–Crippen LogP) is 8.57. The maximum atomic E-state index is 12.9. The van der Waals surface area contributed by atoms with Crippen molar-refractivity contribution in [1.29, 1.82) is 0 Å². The highest BCUT2D eigenvalue weighted by Gasteiger charge is 2.20. The first-order valence-electron chi connectivity index (χ1n) is 15.2. The fourth-order valence-corrected chi connectivity index (χ4v) is 5.60. The van der Waals surface area contributed by atoms with Crippen LogP contribution in [0.4, 0.5) is 11.4 Å². The van der Waals surface area contributed by atoms with E-state index in [0.29, 0.717) is 5.56 Å². The number of hydrogen-bond acceptors (Lipinski definition) is 3. The van der Waals surface area contributed by atoms with E-state index in [9.17, 15) is 4.79 Å². The van der Waals surface area contributed by atoms with E-state index in [2.05, 4.69) is 132 Å². The number of aryl methyl sites for hydroxylation is 1. The molecule has 1 amide bonds. The van der Waals surface area contributed by atoms with Gasteiger partial charge in [0.25, 0.3) is 0 Å². The Morgan fingerprint density at radius 1 is 0.578 bits per heavy atom. The first-order chi connectivity index (χ1) is 21.7. The van der Waals surface area contributed by atoms with E-state index in [4.69, 9.17) is 5.73 Å². The van der Waals surface area contributed by atoms with Crippen LogP contribution in [-0.2, 0) is 0 Å². The number of primary amides is 1. The van der Waals surface area contributed by atoms with E-state index in [1.165, 1.54) is 0 Å². The van der Waals surface area contributed by atoms with Crippen LogP contribution in [-0.4, -0.2) is 34.1 Å². The summed E-state index contributed by atoms with van der Waals surface area (Å²) in [6.45, 7) is 2.05. The molecule has 0 radical (unpaired) electrons. The van der Waals surface area contributed by atoms with Crippen molar-refractivity contribution in [3.8, 4) is 0 Å². The third-order valence-electron chi connectivity index (χ3n) is 8.08. The lowest BCUT2D eigenvalue weighted by atomic mass is 9.84. The molecule has 0 heterocycles. The second-order valence-electron chi connectivity index (χ2n) is 11.8. The van der Waals surface area contributed by atoms with Crippen LogP contribution in [0.15, 0.2) is 140 Å². The highest BCUT2D eigenvalue weighted by Crippen LogP contribution is 2.36. The van der Waals surface area contributed by atoms with Gasteiger partial charge in [-0.25, -0.2) is 0 Å². The van der Waals surface area contributed by atoms with E-state index < -0.39 is 5.91 Å². The second-order valence-corrected chi connectivity index (χ2v) is 11.8. The molecular formula is C41H41N3O. The fourth-order valence-electron chi connectivity index (χ4n) is 5.60. The maximum absolute atomic E-state index is 12.9. The summed E-state index contributed by atoms with van der Waals surface area (Å²) < 4.78 is 0. The lowest BCUT2D eigenvalue weighted by molar-refractivity contribution is 0.0999. The summed E-state index contributed by atoms with van der Waals surface area (Å²) in [6.07, 6.45) is 4.55. The van der Waals surface area contributed by atoms with Gasteiger partial charge in [0.05, 0.1) is 0 Å². The van der Waals surface area contributed by atoms with Crippen molar-refractivity contribution in [2.75, 3.05) is 38.0 Å². The van der Waals surface area contributed by atoms with Crippen molar-refractivity contribution in [3.05, 3.63) is 178 Å². The number of rotatable bonds is 10. The second kappa shape index (κ2) is 14.0. The molecule has 5 aromatic rings. The minimum Gasteiger partial charge on any atom is -0.378 e. The zero-order chi connectivity index (χ0) is 31.9. The lowest BCUT2D eigenvalue weighted by Crippen LogP contribution is -2.15. The average Bonchev–Trinajstić information content (AvgIpc) is 3.05. The van der Waals surface area contributed by atoms with Gasteiger partial charge in [-0.2, -0.15) is 0 Å². The molecule has 0 unspecified atom stereocenters. The Hall–Kier alpha value is -5.35. The van der Waals surface area contributed by atoms with E-state index in [0.717, 1.165) is 55.9 Å². The van der Waals surface area contributed by atoms with Crippen LogP contribution >= 0.6 is 0 Å². The number of allylic oxidation sites excluding steroid dienone is 2. The fraction of sp³-hybridized carbons (Fsp3) is 0.146. The van der Waals surface area contributed by atoms with Gasteiger partial charge in [0.15, 0.2) is 0 Å². The predicted molar refractivity (Wildman–Crippen MR) is 191 cm³/mol.